The largest absolute Gasteiger partial charge is 0.369 e. The minimum Gasteiger partial charge on any atom is -0.369 e. The fourth-order valence-electron chi connectivity index (χ4n) is 1.97. The number of aryl methyl sites for hydroxylation is 1. The molecule has 1 atom stereocenters. The van der Waals surface area contributed by atoms with Gasteiger partial charge in [-0.2, -0.15) is 4.98 Å². The van der Waals surface area contributed by atoms with Crippen LogP contribution in [0.1, 0.15) is 24.6 Å². The van der Waals surface area contributed by atoms with Gasteiger partial charge in [0.15, 0.2) is 0 Å². The second-order valence-electron chi connectivity index (χ2n) is 4.96. The molecule has 2 aromatic heterocycles. The number of thiophene rings is 1. The molecular formula is C14H22N4OS2. The zero-order chi connectivity index (χ0) is 15.2. The molecule has 2 aromatic rings. The lowest BCUT2D eigenvalue weighted by molar-refractivity contribution is 0.685. The van der Waals surface area contributed by atoms with E-state index in [1.165, 1.54) is 4.88 Å². The summed E-state index contributed by atoms with van der Waals surface area (Å²) in [4.78, 5) is 11.4. The van der Waals surface area contributed by atoms with Gasteiger partial charge in [0.2, 0.25) is 5.95 Å². The van der Waals surface area contributed by atoms with E-state index >= 15 is 0 Å². The van der Waals surface area contributed by atoms with E-state index in [-0.39, 0.29) is 0 Å². The van der Waals surface area contributed by atoms with Gasteiger partial charge in [-0.1, -0.05) is 6.92 Å². The Morgan fingerprint density at radius 1 is 1.29 bits per heavy atom. The van der Waals surface area contributed by atoms with Gasteiger partial charge in [-0.05, 0) is 25.8 Å². The number of nitrogens with one attached hydrogen (secondary N) is 2. The Hall–Kier alpha value is -1.21. The molecule has 0 aliphatic carbocycles. The molecule has 7 heteroatoms. The molecule has 0 saturated carbocycles. The molecule has 2 rings (SSSR count). The summed E-state index contributed by atoms with van der Waals surface area (Å²) in [5.74, 6) is 2.25. The molecule has 0 saturated heterocycles. The molecule has 2 heterocycles. The zero-order valence-electron chi connectivity index (χ0n) is 12.7. The van der Waals surface area contributed by atoms with Crippen LogP contribution in [-0.2, 0) is 10.8 Å². The first-order valence-electron chi connectivity index (χ1n) is 7.16. The molecule has 116 valence electrons. The molecule has 2 N–H and O–H groups in total. The van der Waals surface area contributed by atoms with E-state index in [0.29, 0.717) is 11.7 Å². The fraction of sp³-hybridized carbons (Fsp3) is 0.571. The highest BCUT2D eigenvalue weighted by atomic mass is 32.2. The Balaban J connectivity index is 2.16. The first-order chi connectivity index (χ1) is 10.1. The Labute approximate surface area is 132 Å². The number of hydrogen-bond acceptors (Lipinski definition) is 6. The molecule has 1 unspecified atom stereocenters. The molecule has 5 nitrogen and oxygen atoms in total. The van der Waals surface area contributed by atoms with Crippen LogP contribution in [0, 0.1) is 6.92 Å². The number of nitrogens with zero attached hydrogens (tertiary/aromatic N) is 2. The van der Waals surface area contributed by atoms with Gasteiger partial charge in [-0.25, -0.2) is 4.98 Å². The van der Waals surface area contributed by atoms with Crippen molar-refractivity contribution in [3.05, 3.63) is 10.9 Å². The number of hydrogen-bond donors (Lipinski definition) is 2. The van der Waals surface area contributed by atoms with E-state index in [1.54, 1.807) is 17.6 Å². The quantitative estimate of drug-likeness (QED) is 0.730. The van der Waals surface area contributed by atoms with Gasteiger partial charge in [0.25, 0.3) is 0 Å². The molecule has 0 bridgehead atoms. The molecule has 0 spiro atoms. The maximum absolute atomic E-state index is 11.1. The van der Waals surface area contributed by atoms with E-state index in [0.717, 1.165) is 42.0 Å². The summed E-state index contributed by atoms with van der Waals surface area (Å²) in [6.45, 7) is 5.83. The average molecular weight is 326 g/mol. The van der Waals surface area contributed by atoms with Crippen molar-refractivity contribution in [2.75, 3.05) is 35.7 Å². The fourth-order valence-corrected chi connectivity index (χ4v) is 3.41. The van der Waals surface area contributed by atoms with Crippen LogP contribution in [0.25, 0.3) is 10.2 Å². The van der Waals surface area contributed by atoms with Crippen LogP contribution >= 0.6 is 11.3 Å². The number of rotatable bonds is 8. The van der Waals surface area contributed by atoms with E-state index < -0.39 is 10.8 Å². The van der Waals surface area contributed by atoms with Crippen LogP contribution < -0.4 is 10.6 Å². The lowest BCUT2D eigenvalue weighted by Crippen LogP contribution is -2.10. The third-order valence-electron chi connectivity index (χ3n) is 2.95. The molecular weight excluding hydrogens is 304 g/mol. The zero-order valence-corrected chi connectivity index (χ0v) is 14.4. The van der Waals surface area contributed by atoms with Crippen molar-refractivity contribution >= 4 is 44.1 Å². The van der Waals surface area contributed by atoms with Gasteiger partial charge in [0.05, 0.1) is 5.39 Å². The summed E-state index contributed by atoms with van der Waals surface area (Å²) in [6.07, 6.45) is 3.64. The second kappa shape index (κ2) is 7.70. The van der Waals surface area contributed by atoms with Crippen molar-refractivity contribution in [2.45, 2.75) is 26.7 Å². The van der Waals surface area contributed by atoms with Crippen molar-refractivity contribution in [3.63, 3.8) is 0 Å². The number of aromatic nitrogens is 2. The lowest BCUT2D eigenvalue weighted by Gasteiger charge is -2.09. The average Bonchev–Trinajstić information content (AvgIpc) is 2.81. The third-order valence-corrected chi connectivity index (χ3v) is 4.76. The molecule has 0 fully saturated rings. The topological polar surface area (TPSA) is 66.9 Å². The first kappa shape index (κ1) is 16.2. The minimum atomic E-state index is -0.738. The summed E-state index contributed by atoms with van der Waals surface area (Å²) < 4.78 is 11.1. The van der Waals surface area contributed by atoms with Gasteiger partial charge >= 0.3 is 0 Å². The molecule has 0 aromatic carbocycles. The van der Waals surface area contributed by atoms with Crippen LogP contribution in [0.4, 0.5) is 11.8 Å². The highest BCUT2D eigenvalue weighted by Gasteiger charge is 2.10. The summed E-state index contributed by atoms with van der Waals surface area (Å²) in [5, 5.41) is 7.66. The number of anilines is 2. The van der Waals surface area contributed by atoms with Gasteiger partial charge in [0, 0.05) is 40.8 Å². The summed E-state index contributed by atoms with van der Waals surface area (Å²) in [7, 11) is -0.738. The highest BCUT2D eigenvalue weighted by molar-refractivity contribution is 7.84. The predicted octanol–water partition coefficient (Wildman–Crippen LogP) is 3.00. The van der Waals surface area contributed by atoms with Gasteiger partial charge in [-0.3, -0.25) is 4.21 Å². The molecule has 0 aliphatic rings. The molecule has 0 amide bonds. The second-order valence-corrected chi connectivity index (χ2v) is 7.75. The van der Waals surface area contributed by atoms with Crippen molar-refractivity contribution in [2.24, 2.45) is 0 Å². The SMILES string of the molecule is CCCNc1nc(NCCCS(C)=O)c2cc(C)sc2n1. The van der Waals surface area contributed by atoms with Crippen molar-refractivity contribution in [1.82, 2.24) is 9.97 Å². The monoisotopic (exact) mass is 326 g/mol. The molecule has 21 heavy (non-hydrogen) atoms. The smallest absolute Gasteiger partial charge is 0.226 e. The van der Waals surface area contributed by atoms with E-state index in [2.05, 4.69) is 40.5 Å². The Morgan fingerprint density at radius 3 is 2.81 bits per heavy atom. The van der Waals surface area contributed by atoms with Gasteiger partial charge < -0.3 is 10.6 Å². The van der Waals surface area contributed by atoms with Crippen LogP contribution in [0.15, 0.2) is 6.07 Å². The Bertz CT molecular complexity index is 627. The van der Waals surface area contributed by atoms with E-state index in [9.17, 15) is 4.21 Å². The van der Waals surface area contributed by atoms with Crippen molar-refractivity contribution < 1.29 is 4.21 Å². The Morgan fingerprint density at radius 2 is 2.10 bits per heavy atom. The van der Waals surface area contributed by atoms with Crippen LogP contribution in [0.5, 0.6) is 0 Å². The van der Waals surface area contributed by atoms with Crippen LogP contribution in [0.3, 0.4) is 0 Å². The normalized spacial score (nSPS) is 12.5. The molecule has 0 radical (unpaired) electrons. The maximum atomic E-state index is 11.1. The maximum Gasteiger partial charge on any atom is 0.226 e. The van der Waals surface area contributed by atoms with Gasteiger partial charge in [-0.15, -0.1) is 11.3 Å². The lowest BCUT2D eigenvalue weighted by atomic mass is 10.3. The van der Waals surface area contributed by atoms with E-state index in [1.807, 2.05) is 0 Å². The van der Waals surface area contributed by atoms with Gasteiger partial charge in [0.1, 0.15) is 10.6 Å². The van der Waals surface area contributed by atoms with Crippen LogP contribution in [0.2, 0.25) is 0 Å². The minimum absolute atomic E-state index is 0.674. The first-order valence-corrected chi connectivity index (χ1v) is 9.70. The highest BCUT2D eigenvalue weighted by Crippen LogP contribution is 2.29. The van der Waals surface area contributed by atoms with E-state index in [4.69, 9.17) is 0 Å². The predicted molar refractivity (Wildman–Crippen MR) is 93.0 cm³/mol. The standard InChI is InChI=1S/C14H22N4OS2/c1-4-6-16-14-17-12(15-7-5-8-21(3)19)11-9-10(2)20-13(11)18-14/h9H,4-8H2,1-3H3,(H2,15,16,17,18). The third kappa shape index (κ3) is 4.64. The summed E-state index contributed by atoms with van der Waals surface area (Å²) >= 11 is 1.68. The Kier molecular flexibility index (Phi) is 5.93. The van der Waals surface area contributed by atoms with Crippen molar-refractivity contribution in [3.8, 4) is 0 Å². The molecule has 0 aliphatic heterocycles. The summed E-state index contributed by atoms with van der Waals surface area (Å²) in [6, 6.07) is 2.11. The van der Waals surface area contributed by atoms with Crippen LogP contribution in [-0.4, -0.2) is 39.3 Å². The number of fused-ring (bicyclic) bond motifs is 1. The summed E-state index contributed by atoms with van der Waals surface area (Å²) in [5.41, 5.74) is 0. The van der Waals surface area contributed by atoms with Crippen molar-refractivity contribution in [1.29, 1.82) is 0 Å².